The lowest BCUT2D eigenvalue weighted by Crippen LogP contribution is -2.19. The highest BCUT2D eigenvalue weighted by atomic mass is 79.9. The second kappa shape index (κ2) is 7.36. The first-order chi connectivity index (χ1) is 10.1. The second-order valence-corrected chi connectivity index (χ2v) is 5.85. The van der Waals surface area contributed by atoms with Crippen LogP contribution in [0.2, 0.25) is 0 Å². The second-order valence-electron chi connectivity index (χ2n) is 4.93. The molecule has 2 rings (SSSR count). The minimum atomic E-state index is -0.238. The Hall–Kier alpha value is -1.68. The van der Waals surface area contributed by atoms with Gasteiger partial charge in [0.15, 0.2) is 5.78 Å². The summed E-state index contributed by atoms with van der Waals surface area (Å²) in [7, 11) is 1.94. The van der Waals surface area contributed by atoms with E-state index in [1.54, 1.807) is 12.1 Å². The van der Waals surface area contributed by atoms with Gasteiger partial charge in [-0.05, 0) is 42.8 Å². The molecular formula is C17H17BrFNO. The van der Waals surface area contributed by atoms with Gasteiger partial charge in [0.25, 0.3) is 0 Å². The number of carbonyl (C=O) groups is 1. The molecule has 2 aromatic rings. The monoisotopic (exact) mass is 349 g/mol. The molecule has 110 valence electrons. The van der Waals surface area contributed by atoms with Crippen molar-refractivity contribution in [3.63, 3.8) is 0 Å². The molecule has 0 aliphatic carbocycles. The van der Waals surface area contributed by atoms with Crippen LogP contribution in [0.1, 0.15) is 23.2 Å². The molecule has 0 radical (unpaired) electrons. The number of Topliss-reactive ketones (excluding diaryl/α,β-unsaturated/α-hetero) is 1. The van der Waals surface area contributed by atoms with Crippen molar-refractivity contribution < 1.29 is 9.18 Å². The Morgan fingerprint density at radius 3 is 2.33 bits per heavy atom. The molecular weight excluding hydrogens is 333 g/mol. The molecule has 0 saturated heterocycles. The standard InChI is InChI=1S/C17H17BrFNO/c1-20(16-10-8-15(19)9-11-16)12-2-3-17(21)13-4-6-14(18)7-5-13/h4-11H,2-3,12H2,1H3. The van der Waals surface area contributed by atoms with Gasteiger partial charge in [0.2, 0.25) is 0 Å². The van der Waals surface area contributed by atoms with Gasteiger partial charge in [-0.15, -0.1) is 0 Å². The third-order valence-corrected chi connectivity index (χ3v) is 3.86. The normalized spacial score (nSPS) is 10.4. The van der Waals surface area contributed by atoms with Crippen LogP contribution in [0, 0.1) is 5.82 Å². The quantitative estimate of drug-likeness (QED) is 0.705. The summed E-state index contributed by atoms with van der Waals surface area (Å²) < 4.78 is 13.8. The van der Waals surface area contributed by atoms with Gasteiger partial charge in [-0.2, -0.15) is 0 Å². The summed E-state index contributed by atoms with van der Waals surface area (Å²) in [5, 5.41) is 0. The van der Waals surface area contributed by atoms with Crippen molar-refractivity contribution in [2.75, 3.05) is 18.5 Å². The SMILES string of the molecule is CN(CCCC(=O)c1ccc(Br)cc1)c1ccc(F)cc1. The van der Waals surface area contributed by atoms with Crippen molar-refractivity contribution in [2.45, 2.75) is 12.8 Å². The summed E-state index contributed by atoms with van der Waals surface area (Å²) in [5.41, 5.74) is 1.69. The number of hydrogen-bond donors (Lipinski definition) is 0. The van der Waals surface area contributed by atoms with E-state index in [1.807, 2.05) is 36.2 Å². The zero-order chi connectivity index (χ0) is 15.2. The predicted molar refractivity (Wildman–Crippen MR) is 87.4 cm³/mol. The fourth-order valence-electron chi connectivity index (χ4n) is 2.08. The number of benzene rings is 2. The minimum absolute atomic E-state index is 0.148. The summed E-state index contributed by atoms with van der Waals surface area (Å²) >= 11 is 3.35. The van der Waals surface area contributed by atoms with Crippen molar-refractivity contribution in [3.05, 3.63) is 64.4 Å². The lowest BCUT2D eigenvalue weighted by molar-refractivity contribution is 0.0981. The zero-order valence-electron chi connectivity index (χ0n) is 11.9. The topological polar surface area (TPSA) is 20.3 Å². The van der Waals surface area contributed by atoms with Crippen LogP contribution in [-0.2, 0) is 0 Å². The highest BCUT2D eigenvalue weighted by Crippen LogP contribution is 2.15. The Kier molecular flexibility index (Phi) is 5.51. The van der Waals surface area contributed by atoms with Gasteiger partial charge in [-0.1, -0.05) is 28.1 Å². The van der Waals surface area contributed by atoms with Gasteiger partial charge in [-0.3, -0.25) is 4.79 Å². The first-order valence-electron chi connectivity index (χ1n) is 6.82. The van der Waals surface area contributed by atoms with Crippen LogP contribution in [0.15, 0.2) is 53.0 Å². The van der Waals surface area contributed by atoms with Crippen molar-refractivity contribution in [3.8, 4) is 0 Å². The largest absolute Gasteiger partial charge is 0.375 e. The van der Waals surface area contributed by atoms with Crippen molar-refractivity contribution in [2.24, 2.45) is 0 Å². The summed E-state index contributed by atoms with van der Waals surface area (Å²) in [4.78, 5) is 14.1. The van der Waals surface area contributed by atoms with E-state index in [-0.39, 0.29) is 11.6 Å². The number of rotatable bonds is 6. The third-order valence-electron chi connectivity index (χ3n) is 3.33. The van der Waals surface area contributed by atoms with Gasteiger partial charge in [0, 0.05) is 35.7 Å². The van der Waals surface area contributed by atoms with E-state index in [1.165, 1.54) is 12.1 Å². The molecule has 0 atom stereocenters. The van der Waals surface area contributed by atoms with Crippen LogP contribution in [0.25, 0.3) is 0 Å². The molecule has 0 aromatic heterocycles. The lowest BCUT2D eigenvalue weighted by atomic mass is 10.1. The van der Waals surface area contributed by atoms with Crippen LogP contribution < -0.4 is 4.90 Å². The molecule has 0 spiro atoms. The Bertz CT molecular complexity index is 595. The lowest BCUT2D eigenvalue weighted by Gasteiger charge is -2.18. The summed E-state index contributed by atoms with van der Waals surface area (Å²) in [6.45, 7) is 0.758. The first kappa shape index (κ1) is 15.7. The maximum atomic E-state index is 12.9. The molecule has 0 amide bonds. The zero-order valence-corrected chi connectivity index (χ0v) is 13.4. The van der Waals surface area contributed by atoms with Crippen LogP contribution in [0.3, 0.4) is 0 Å². The van der Waals surface area contributed by atoms with Crippen LogP contribution in [0.5, 0.6) is 0 Å². The van der Waals surface area contributed by atoms with E-state index >= 15 is 0 Å². The van der Waals surface area contributed by atoms with E-state index in [4.69, 9.17) is 0 Å². The molecule has 2 nitrogen and oxygen atoms in total. The van der Waals surface area contributed by atoms with Crippen LogP contribution in [-0.4, -0.2) is 19.4 Å². The Balaban J connectivity index is 1.82. The molecule has 0 saturated carbocycles. The maximum absolute atomic E-state index is 12.9. The Morgan fingerprint density at radius 2 is 1.71 bits per heavy atom. The average molecular weight is 350 g/mol. The molecule has 0 fully saturated rings. The third kappa shape index (κ3) is 4.67. The van der Waals surface area contributed by atoms with Crippen molar-refractivity contribution in [1.29, 1.82) is 0 Å². The molecule has 0 N–H and O–H groups in total. The van der Waals surface area contributed by atoms with Crippen LogP contribution >= 0.6 is 15.9 Å². The van der Waals surface area contributed by atoms with E-state index in [2.05, 4.69) is 15.9 Å². The number of ketones is 1. The predicted octanol–water partition coefficient (Wildman–Crippen LogP) is 4.69. The molecule has 21 heavy (non-hydrogen) atoms. The molecule has 0 unspecified atom stereocenters. The van der Waals surface area contributed by atoms with E-state index in [9.17, 15) is 9.18 Å². The van der Waals surface area contributed by atoms with Gasteiger partial charge < -0.3 is 4.90 Å². The van der Waals surface area contributed by atoms with Crippen molar-refractivity contribution in [1.82, 2.24) is 0 Å². The fraction of sp³-hybridized carbons (Fsp3) is 0.235. The number of carbonyl (C=O) groups excluding carboxylic acids is 1. The summed E-state index contributed by atoms with van der Waals surface area (Å²) in [6, 6.07) is 13.8. The van der Waals surface area contributed by atoms with Gasteiger partial charge in [-0.25, -0.2) is 4.39 Å². The first-order valence-corrected chi connectivity index (χ1v) is 7.61. The minimum Gasteiger partial charge on any atom is -0.375 e. The molecule has 4 heteroatoms. The van der Waals surface area contributed by atoms with E-state index in [0.717, 1.165) is 28.7 Å². The highest BCUT2D eigenvalue weighted by Gasteiger charge is 2.07. The average Bonchev–Trinajstić information content (AvgIpc) is 2.48. The highest BCUT2D eigenvalue weighted by molar-refractivity contribution is 9.10. The van der Waals surface area contributed by atoms with E-state index < -0.39 is 0 Å². The fourth-order valence-corrected chi connectivity index (χ4v) is 2.35. The molecule has 0 aliphatic rings. The number of halogens is 2. The molecule has 0 bridgehead atoms. The molecule has 0 aliphatic heterocycles. The van der Waals surface area contributed by atoms with Gasteiger partial charge >= 0.3 is 0 Å². The number of nitrogens with zero attached hydrogens (tertiary/aromatic N) is 1. The van der Waals surface area contributed by atoms with Crippen LogP contribution in [0.4, 0.5) is 10.1 Å². The van der Waals surface area contributed by atoms with Crippen molar-refractivity contribution >= 4 is 27.4 Å². The summed E-state index contributed by atoms with van der Waals surface area (Å²) in [5.74, 6) is -0.0902. The number of anilines is 1. The molecule has 0 heterocycles. The van der Waals surface area contributed by atoms with Gasteiger partial charge in [0.1, 0.15) is 5.82 Å². The summed E-state index contributed by atoms with van der Waals surface area (Å²) in [6.07, 6.45) is 1.27. The number of hydrogen-bond acceptors (Lipinski definition) is 2. The van der Waals surface area contributed by atoms with E-state index in [0.29, 0.717) is 6.42 Å². The maximum Gasteiger partial charge on any atom is 0.162 e. The Labute approximate surface area is 132 Å². The van der Waals surface area contributed by atoms with Gasteiger partial charge in [0.05, 0.1) is 0 Å². The smallest absolute Gasteiger partial charge is 0.162 e. The molecule has 2 aromatic carbocycles. The Morgan fingerprint density at radius 1 is 1.10 bits per heavy atom.